The number of nitrogens with two attached hydrogens (primary N) is 2. The van der Waals surface area contributed by atoms with Crippen LogP contribution in [0.5, 0.6) is 0 Å². The van der Waals surface area contributed by atoms with Crippen molar-refractivity contribution in [3.05, 3.63) is 71.9 Å². The van der Waals surface area contributed by atoms with E-state index in [0.29, 0.717) is 12.8 Å². The molecule has 0 bridgehead atoms. The quantitative estimate of drug-likeness (QED) is 0.119. The van der Waals surface area contributed by atoms with Gasteiger partial charge in [0.1, 0.15) is 30.2 Å². The van der Waals surface area contributed by atoms with Crippen molar-refractivity contribution in [2.45, 2.75) is 127 Å². The van der Waals surface area contributed by atoms with E-state index < -0.39 is 78.3 Å². The van der Waals surface area contributed by atoms with Gasteiger partial charge >= 0.3 is 0 Å². The zero-order valence-corrected chi connectivity index (χ0v) is 33.4. The number of carbonyl (C=O) groups excluding carboxylic acids is 6. The molecular formula is C43H60N8O7. The number of aliphatic hydroxyl groups excluding tert-OH is 1. The first-order valence-electron chi connectivity index (χ1n) is 20.8. The third kappa shape index (κ3) is 11.5. The molecule has 2 fully saturated rings. The molecule has 15 nitrogen and oxygen atoms in total. The first kappa shape index (κ1) is 44.0. The molecule has 15 heteroatoms. The highest BCUT2D eigenvalue weighted by Gasteiger charge is 2.42. The summed E-state index contributed by atoms with van der Waals surface area (Å²) in [4.78, 5) is 90.5. The Morgan fingerprint density at radius 2 is 1.43 bits per heavy atom. The number of imide groups is 1. The minimum Gasteiger partial charge on any atom is -0.394 e. The van der Waals surface area contributed by atoms with Crippen LogP contribution in [-0.4, -0.2) is 99.8 Å². The summed E-state index contributed by atoms with van der Waals surface area (Å²) in [7, 11) is 0. The fraction of sp³-hybridized carbons (Fsp3) is 0.535. The second-order valence-electron chi connectivity index (χ2n) is 15.7. The van der Waals surface area contributed by atoms with E-state index in [1.165, 1.54) is 0 Å². The molecule has 6 atom stereocenters. The lowest BCUT2D eigenvalue weighted by Gasteiger charge is -2.35. The SMILES string of the molecule is CCCC[C@@H]1NC(=O)[C@H](Cc2c[nH]c3ccccc23)NC(=O)[C@H](CC2CCCCC2)NC(=O)[C@H](CO)NC(=O)[C@H](CCCN)N(C(=O)[C@@H](N)Cc2ccccc2)C1=O. The third-order valence-corrected chi connectivity index (χ3v) is 11.3. The summed E-state index contributed by atoms with van der Waals surface area (Å²) in [5, 5.41) is 22.4. The molecule has 10 N–H and O–H groups in total. The molecular weight excluding hydrogens is 741 g/mol. The number of aromatic amines is 1. The van der Waals surface area contributed by atoms with Crippen LogP contribution in [0.4, 0.5) is 0 Å². The summed E-state index contributed by atoms with van der Waals surface area (Å²) in [5.74, 6) is -4.61. The number of para-hydroxylation sites is 1. The van der Waals surface area contributed by atoms with Gasteiger partial charge in [0, 0.05) is 23.5 Å². The Labute approximate surface area is 339 Å². The second-order valence-corrected chi connectivity index (χ2v) is 15.7. The van der Waals surface area contributed by atoms with E-state index in [4.69, 9.17) is 11.5 Å². The second kappa shape index (κ2) is 21.6. The molecule has 0 spiro atoms. The maximum Gasteiger partial charge on any atom is 0.252 e. The van der Waals surface area contributed by atoms with Crippen molar-refractivity contribution in [3.63, 3.8) is 0 Å². The minimum atomic E-state index is -1.54. The Morgan fingerprint density at radius 3 is 2.14 bits per heavy atom. The van der Waals surface area contributed by atoms with Gasteiger partial charge in [0.25, 0.3) is 5.91 Å². The first-order valence-corrected chi connectivity index (χ1v) is 20.8. The van der Waals surface area contributed by atoms with Gasteiger partial charge in [-0.25, -0.2) is 0 Å². The van der Waals surface area contributed by atoms with Gasteiger partial charge in [-0.05, 0) is 61.8 Å². The highest BCUT2D eigenvalue weighted by molar-refractivity contribution is 6.06. The summed E-state index contributed by atoms with van der Waals surface area (Å²) in [6.07, 6.45) is 8.23. The van der Waals surface area contributed by atoms with Crippen molar-refractivity contribution in [2.75, 3.05) is 13.2 Å². The van der Waals surface area contributed by atoms with Crippen LogP contribution in [0.1, 0.15) is 88.7 Å². The number of unbranched alkanes of at least 4 members (excludes halogenated alkanes) is 1. The summed E-state index contributed by atoms with van der Waals surface area (Å²) < 4.78 is 0. The lowest BCUT2D eigenvalue weighted by Crippen LogP contribution is -2.63. The van der Waals surface area contributed by atoms with Crippen molar-refractivity contribution in [3.8, 4) is 0 Å². The summed E-state index contributed by atoms with van der Waals surface area (Å²) in [6, 6.07) is 8.59. The van der Waals surface area contributed by atoms with Crippen molar-refractivity contribution in [2.24, 2.45) is 17.4 Å². The standard InChI is InChI=1S/C43H60N8O7/c1-2-3-18-33-43(58)51(42(57)31(45)22-27-13-6-4-7-14-27)37(20-12-21-44)41(56)50-36(26-52)40(55)48-34(23-28-15-8-5-9-16-28)38(53)49-35(39(54)47-33)24-29-25-46-32-19-11-10-17-30(29)32/h4,6-7,10-11,13-14,17,19,25,28,31,33-37,46,52H,2-3,5,8-9,12,15-16,18,20-24,26,44-45H2,1H3,(H,47,54)(H,48,55)(H,49,53)(H,50,56)/t31-,33-,34-,35-,36-,37-/m0/s1. The molecule has 1 saturated carbocycles. The van der Waals surface area contributed by atoms with Gasteiger partial charge in [0.2, 0.25) is 29.5 Å². The zero-order chi connectivity index (χ0) is 41.6. The van der Waals surface area contributed by atoms with E-state index in [9.17, 15) is 33.9 Å². The molecule has 3 aromatic rings. The number of nitrogens with zero attached hydrogens (tertiary/aromatic N) is 1. The summed E-state index contributed by atoms with van der Waals surface area (Å²) >= 11 is 0. The van der Waals surface area contributed by atoms with Gasteiger partial charge in [-0.3, -0.25) is 33.7 Å². The molecule has 0 unspecified atom stereocenters. The van der Waals surface area contributed by atoms with Crippen LogP contribution in [0.25, 0.3) is 10.9 Å². The van der Waals surface area contributed by atoms with Crippen molar-refractivity contribution >= 4 is 46.3 Å². The van der Waals surface area contributed by atoms with Crippen LogP contribution >= 0.6 is 0 Å². The number of fused-ring (bicyclic) bond motifs is 1. The molecule has 1 aromatic heterocycles. The lowest BCUT2D eigenvalue weighted by molar-refractivity contribution is -0.155. The van der Waals surface area contributed by atoms with Gasteiger partial charge in [-0.15, -0.1) is 0 Å². The highest BCUT2D eigenvalue weighted by atomic mass is 16.3. The van der Waals surface area contributed by atoms with Crippen LogP contribution in [0, 0.1) is 5.92 Å². The molecule has 1 aliphatic heterocycles. The normalized spacial score (nSPS) is 23.6. The summed E-state index contributed by atoms with van der Waals surface area (Å²) in [6.45, 7) is 1.19. The molecule has 58 heavy (non-hydrogen) atoms. The zero-order valence-electron chi connectivity index (χ0n) is 33.4. The number of carbonyl (C=O) groups is 6. The molecule has 5 rings (SSSR count). The Kier molecular flexibility index (Phi) is 16.4. The molecule has 2 aliphatic rings. The fourth-order valence-corrected chi connectivity index (χ4v) is 8.07. The number of aliphatic hydroxyl groups is 1. The predicted molar refractivity (Wildman–Crippen MR) is 220 cm³/mol. The van der Waals surface area contributed by atoms with Gasteiger partial charge in [0.15, 0.2) is 0 Å². The highest BCUT2D eigenvalue weighted by Crippen LogP contribution is 2.28. The van der Waals surface area contributed by atoms with E-state index in [0.717, 1.165) is 59.0 Å². The predicted octanol–water partition coefficient (Wildman–Crippen LogP) is 1.85. The van der Waals surface area contributed by atoms with Crippen LogP contribution in [-0.2, 0) is 41.6 Å². The fourth-order valence-electron chi connectivity index (χ4n) is 8.07. The Hall–Kier alpha value is -5.12. The van der Waals surface area contributed by atoms with Crippen LogP contribution in [0.15, 0.2) is 60.8 Å². The Morgan fingerprint density at radius 1 is 0.793 bits per heavy atom. The molecule has 1 saturated heterocycles. The number of amides is 6. The topological polar surface area (TPSA) is 242 Å². The Balaban J connectivity index is 1.60. The largest absolute Gasteiger partial charge is 0.394 e. The monoisotopic (exact) mass is 800 g/mol. The molecule has 2 aromatic carbocycles. The summed E-state index contributed by atoms with van der Waals surface area (Å²) in [5.41, 5.74) is 14.7. The number of rotatable bonds is 14. The van der Waals surface area contributed by atoms with Gasteiger partial charge < -0.3 is 42.8 Å². The average Bonchev–Trinajstić information content (AvgIpc) is 3.64. The number of benzene rings is 2. The molecule has 0 radical (unpaired) electrons. The minimum absolute atomic E-state index is 0.0311. The van der Waals surface area contributed by atoms with Crippen molar-refractivity contribution in [1.29, 1.82) is 0 Å². The number of aromatic nitrogens is 1. The smallest absolute Gasteiger partial charge is 0.252 e. The number of nitrogens with one attached hydrogen (secondary N) is 5. The molecule has 6 amide bonds. The van der Waals surface area contributed by atoms with Crippen molar-refractivity contribution in [1.82, 2.24) is 31.2 Å². The van der Waals surface area contributed by atoms with Crippen LogP contribution < -0.4 is 32.7 Å². The van der Waals surface area contributed by atoms with Crippen LogP contribution in [0.3, 0.4) is 0 Å². The van der Waals surface area contributed by atoms with E-state index >= 15 is 0 Å². The van der Waals surface area contributed by atoms with E-state index in [1.807, 2.05) is 37.3 Å². The van der Waals surface area contributed by atoms with E-state index in [1.54, 1.807) is 30.5 Å². The van der Waals surface area contributed by atoms with Gasteiger partial charge in [0.05, 0.1) is 12.6 Å². The van der Waals surface area contributed by atoms with Crippen molar-refractivity contribution < 1.29 is 33.9 Å². The average molecular weight is 801 g/mol. The third-order valence-electron chi connectivity index (χ3n) is 11.3. The number of H-pyrrole nitrogens is 1. The van der Waals surface area contributed by atoms with Gasteiger partial charge in [-0.2, -0.15) is 0 Å². The Bertz CT molecular complexity index is 1860. The van der Waals surface area contributed by atoms with Gasteiger partial charge in [-0.1, -0.05) is 100 Å². The molecule has 2 heterocycles. The number of hydrogen-bond donors (Lipinski definition) is 8. The van der Waals surface area contributed by atoms with E-state index in [2.05, 4.69) is 26.3 Å². The first-order chi connectivity index (χ1) is 28.0. The molecule has 314 valence electrons. The molecule has 1 aliphatic carbocycles. The van der Waals surface area contributed by atoms with E-state index in [-0.39, 0.29) is 51.0 Å². The maximum atomic E-state index is 14.9. The van der Waals surface area contributed by atoms with Crippen LogP contribution in [0.2, 0.25) is 0 Å². The maximum absolute atomic E-state index is 14.9. The lowest BCUT2D eigenvalue weighted by atomic mass is 9.84. The number of hydrogen-bond acceptors (Lipinski definition) is 9.